The first-order valence-electron chi connectivity index (χ1n) is 5.77. The molecule has 0 aliphatic rings. The summed E-state index contributed by atoms with van der Waals surface area (Å²) in [5, 5.41) is 0. The van der Waals surface area contributed by atoms with E-state index in [1.165, 1.54) is 0 Å². The second-order valence-electron chi connectivity index (χ2n) is 3.50. The quantitative estimate of drug-likeness (QED) is 0.654. The van der Waals surface area contributed by atoms with E-state index >= 15 is 0 Å². The van der Waals surface area contributed by atoms with E-state index in [2.05, 4.69) is 13.5 Å². The highest BCUT2D eigenvalue weighted by Crippen LogP contribution is 2.26. The summed E-state index contributed by atoms with van der Waals surface area (Å²) in [6.45, 7) is 10.1. The van der Waals surface area contributed by atoms with Crippen LogP contribution in [0.2, 0.25) is 0 Å². The summed E-state index contributed by atoms with van der Waals surface area (Å²) in [6, 6.07) is 8.00. The van der Waals surface area contributed by atoms with E-state index in [0.717, 1.165) is 29.9 Å². The predicted octanol–water partition coefficient (Wildman–Crippen LogP) is 3.53. The first-order chi connectivity index (χ1) is 7.79. The van der Waals surface area contributed by atoms with Crippen LogP contribution in [0.3, 0.4) is 0 Å². The van der Waals surface area contributed by atoms with Crippen molar-refractivity contribution in [3.63, 3.8) is 0 Å². The number of benzene rings is 1. The van der Waals surface area contributed by atoms with Gasteiger partial charge in [0.05, 0.1) is 6.61 Å². The lowest BCUT2D eigenvalue weighted by Crippen LogP contribution is -2.07. The zero-order valence-electron chi connectivity index (χ0n) is 10.2. The molecule has 0 saturated carbocycles. The Balaban J connectivity index is 2.60. The Bertz CT molecular complexity index is 331. The minimum atomic E-state index is 0.585. The molecule has 0 aromatic heterocycles. The lowest BCUT2D eigenvalue weighted by atomic mass is 10.0. The van der Waals surface area contributed by atoms with E-state index in [9.17, 15) is 0 Å². The first-order valence-corrected chi connectivity index (χ1v) is 5.77. The summed E-state index contributed by atoms with van der Waals surface area (Å²) in [5.41, 5.74) is 2.20. The van der Waals surface area contributed by atoms with Crippen LogP contribution in [0.25, 0.3) is 5.57 Å². The second-order valence-corrected chi connectivity index (χ2v) is 3.50. The number of hydrogen-bond donors (Lipinski definition) is 0. The van der Waals surface area contributed by atoms with Gasteiger partial charge in [-0.3, -0.25) is 0 Å². The van der Waals surface area contributed by atoms with Crippen LogP contribution < -0.4 is 4.74 Å². The number of ether oxygens (including phenoxy) is 2. The third-order valence-corrected chi connectivity index (χ3v) is 2.38. The van der Waals surface area contributed by atoms with Gasteiger partial charge in [0.1, 0.15) is 12.4 Å². The highest BCUT2D eigenvalue weighted by molar-refractivity contribution is 5.68. The fourth-order valence-electron chi connectivity index (χ4n) is 1.43. The van der Waals surface area contributed by atoms with Gasteiger partial charge in [-0.05, 0) is 25.0 Å². The molecule has 0 saturated heterocycles. The Hall–Kier alpha value is -1.28. The van der Waals surface area contributed by atoms with Crippen molar-refractivity contribution in [2.24, 2.45) is 0 Å². The van der Waals surface area contributed by atoms with E-state index in [4.69, 9.17) is 9.47 Å². The average molecular weight is 220 g/mol. The summed E-state index contributed by atoms with van der Waals surface area (Å²) >= 11 is 0. The smallest absolute Gasteiger partial charge is 0.126 e. The summed E-state index contributed by atoms with van der Waals surface area (Å²) < 4.78 is 10.9. The molecule has 0 unspecified atom stereocenters. The van der Waals surface area contributed by atoms with E-state index in [-0.39, 0.29) is 0 Å². The molecule has 16 heavy (non-hydrogen) atoms. The molecule has 0 spiro atoms. The summed E-state index contributed by atoms with van der Waals surface area (Å²) in [5.74, 6) is 0.897. The molecule has 2 heteroatoms. The Kier molecular flexibility index (Phi) is 5.65. The summed E-state index contributed by atoms with van der Waals surface area (Å²) in [7, 11) is 0. The molecule has 0 aliphatic carbocycles. The van der Waals surface area contributed by atoms with Gasteiger partial charge >= 0.3 is 0 Å². The number of hydrogen-bond acceptors (Lipinski definition) is 2. The van der Waals surface area contributed by atoms with Crippen LogP contribution in [-0.4, -0.2) is 19.8 Å². The van der Waals surface area contributed by atoms with Crippen molar-refractivity contribution in [2.75, 3.05) is 19.8 Å². The highest BCUT2D eigenvalue weighted by Gasteiger charge is 2.04. The molecule has 1 aromatic carbocycles. The molecule has 0 bridgehead atoms. The minimum absolute atomic E-state index is 0.585. The van der Waals surface area contributed by atoms with Crippen molar-refractivity contribution in [2.45, 2.75) is 20.3 Å². The molecule has 1 rings (SSSR count). The fourth-order valence-corrected chi connectivity index (χ4v) is 1.43. The number of para-hydroxylation sites is 1. The largest absolute Gasteiger partial charge is 0.491 e. The monoisotopic (exact) mass is 220 g/mol. The summed E-state index contributed by atoms with van der Waals surface area (Å²) in [6.07, 6.45) is 0.936. The van der Waals surface area contributed by atoms with Gasteiger partial charge in [-0.2, -0.15) is 0 Å². The van der Waals surface area contributed by atoms with E-state index < -0.39 is 0 Å². The molecule has 2 nitrogen and oxygen atoms in total. The maximum Gasteiger partial charge on any atom is 0.126 e. The molecule has 0 heterocycles. The van der Waals surface area contributed by atoms with Crippen LogP contribution in [-0.2, 0) is 4.74 Å². The van der Waals surface area contributed by atoms with E-state index in [1.807, 2.05) is 31.2 Å². The van der Waals surface area contributed by atoms with Gasteiger partial charge < -0.3 is 9.47 Å². The summed E-state index contributed by atoms with van der Waals surface area (Å²) in [4.78, 5) is 0. The molecule has 1 aromatic rings. The van der Waals surface area contributed by atoms with Crippen LogP contribution in [0.5, 0.6) is 5.75 Å². The van der Waals surface area contributed by atoms with Crippen LogP contribution in [0.1, 0.15) is 25.8 Å². The zero-order chi connectivity index (χ0) is 11.8. The van der Waals surface area contributed by atoms with Crippen molar-refractivity contribution in [3.8, 4) is 5.75 Å². The molecule has 88 valence electrons. The minimum Gasteiger partial charge on any atom is -0.491 e. The van der Waals surface area contributed by atoms with Crippen molar-refractivity contribution >= 4 is 5.57 Å². The van der Waals surface area contributed by atoms with Gasteiger partial charge in [0, 0.05) is 12.2 Å². The average Bonchev–Trinajstić information content (AvgIpc) is 2.34. The van der Waals surface area contributed by atoms with Crippen molar-refractivity contribution in [3.05, 3.63) is 36.4 Å². The molecular formula is C14H20O2. The van der Waals surface area contributed by atoms with Gasteiger partial charge in [-0.1, -0.05) is 31.7 Å². The predicted molar refractivity (Wildman–Crippen MR) is 67.8 cm³/mol. The van der Waals surface area contributed by atoms with Crippen molar-refractivity contribution in [1.29, 1.82) is 0 Å². The molecule has 0 amide bonds. The maximum atomic E-state index is 5.68. The van der Waals surface area contributed by atoms with Gasteiger partial charge in [0.15, 0.2) is 0 Å². The van der Waals surface area contributed by atoms with Gasteiger partial charge in [-0.15, -0.1) is 0 Å². The van der Waals surface area contributed by atoms with Crippen molar-refractivity contribution in [1.82, 2.24) is 0 Å². The second kappa shape index (κ2) is 7.07. The fraction of sp³-hybridized carbons (Fsp3) is 0.429. The normalized spacial score (nSPS) is 10.1. The van der Waals surface area contributed by atoms with E-state index in [1.54, 1.807) is 0 Å². The first kappa shape index (κ1) is 12.8. The molecule has 0 atom stereocenters. The van der Waals surface area contributed by atoms with Gasteiger partial charge in [0.2, 0.25) is 0 Å². The topological polar surface area (TPSA) is 18.5 Å². The van der Waals surface area contributed by atoms with Crippen molar-refractivity contribution < 1.29 is 9.47 Å². The Morgan fingerprint density at radius 3 is 2.62 bits per heavy atom. The third-order valence-electron chi connectivity index (χ3n) is 2.38. The van der Waals surface area contributed by atoms with Crippen LogP contribution >= 0.6 is 0 Å². The van der Waals surface area contributed by atoms with Gasteiger partial charge in [-0.25, -0.2) is 0 Å². The number of rotatable bonds is 7. The third kappa shape index (κ3) is 3.70. The molecular weight excluding hydrogens is 200 g/mol. The standard InChI is InChI=1S/C14H20O2/c1-4-12(3)13-8-6-7-9-14(13)16-11-10-15-5-2/h6-9H,3-5,10-11H2,1-2H3. The van der Waals surface area contributed by atoms with Crippen LogP contribution in [0.15, 0.2) is 30.8 Å². The van der Waals surface area contributed by atoms with E-state index in [0.29, 0.717) is 13.2 Å². The molecule has 0 N–H and O–H groups in total. The Labute approximate surface area is 97.9 Å². The zero-order valence-corrected chi connectivity index (χ0v) is 10.2. The SMILES string of the molecule is C=C(CC)c1ccccc1OCCOCC. The lowest BCUT2D eigenvalue weighted by Gasteiger charge is -2.12. The Morgan fingerprint density at radius 2 is 1.94 bits per heavy atom. The molecule has 0 fully saturated rings. The van der Waals surface area contributed by atoms with Gasteiger partial charge in [0.25, 0.3) is 0 Å². The number of allylic oxidation sites excluding steroid dienone is 1. The van der Waals surface area contributed by atoms with Crippen LogP contribution in [0.4, 0.5) is 0 Å². The molecule has 0 aliphatic heterocycles. The lowest BCUT2D eigenvalue weighted by molar-refractivity contribution is 0.110. The van der Waals surface area contributed by atoms with Crippen LogP contribution in [0, 0.1) is 0 Å². The maximum absolute atomic E-state index is 5.68. The highest BCUT2D eigenvalue weighted by atomic mass is 16.5. The molecule has 0 radical (unpaired) electrons. The Morgan fingerprint density at radius 1 is 1.19 bits per heavy atom.